The Labute approximate surface area is 126 Å². The first-order chi connectivity index (χ1) is 10.2. The molecule has 0 atom stereocenters. The van der Waals surface area contributed by atoms with Gasteiger partial charge in [-0.3, -0.25) is 0 Å². The van der Waals surface area contributed by atoms with Gasteiger partial charge in [0.05, 0.1) is 11.3 Å². The van der Waals surface area contributed by atoms with E-state index in [0.29, 0.717) is 5.56 Å². The van der Waals surface area contributed by atoms with E-state index >= 15 is 0 Å². The molecule has 1 N–H and O–H groups in total. The van der Waals surface area contributed by atoms with E-state index in [-0.39, 0.29) is 12.6 Å². The normalized spacial score (nSPS) is 15.4. The summed E-state index contributed by atoms with van der Waals surface area (Å²) in [7, 11) is 1.83. The summed E-state index contributed by atoms with van der Waals surface area (Å²) in [4.78, 5) is 14.5. The number of terminal acetylenes is 1. The minimum absolute atomic E-state index is 0.000904. The number of nitrogens with one attached hydrogen (secondary N) is 1. The maximum Gasteiger partial charge on any atom is 0.341 e. The predicted molar refractivity (Wildman–Crippen MR) is 85.7 cm³/mol. The van der Waals surface area contributed by atoms with Crippen LogP contribution in [0.5, 0.6) is 0 Å². The molecule has 1 fully saturated rings. The number of carbonyl (C=O) groups is 1. The van der Waals surface area contributed by atoms with Crippen molar-refractivity contribution in [1.29, 1.82) is 0 Å². The van der Waals surface area contributed by atoms with Crippen LogP contribution in [0.3, 0.4) is 0 Å². The van der Waals surface area contributed by atoms with Crippen molar-refractivity contribution >= 4 is 17.3 Å². The van der Waals surface area contributed by atoms with Gasteiger partial charge in [-0.25, -0.2) is 4.79 Å². The lowest BCUT2D eigenvalue weighted by molar-refractivity contribution is 0.0557. The maximum atomic E-state index is 12.2. The number of nitrogens with zero attached hydrogens (tertiary/aromatic N) is 1. The van der Waals surface area contributed by atoms with Gasteiger partial charge in [0, 0.05) is 25.8 Å². The summed E-state index contributed by atoms with van der Waals surface area (Å²) in [6.07, 6.45) is 7.45. The summed E-state index contributed by atoms with van der Waals surface area (Å²) < 4.78 is 5.10. The van der Waals surface area contributed by atoms with Crippen molar-refractivity contribution in [3.05, 3.63) is 23.8 Å². The first-order valence-corrected chi connectivity index (χ1v) is 7.33. The number of carbonyl (C=O) groups excluding carboxylic acids is 1. The molecule has 1 aliphatic rings. The van der Waals surface area contributed by atoms with Crippen LogP contribution in [-0.2, 0) is 4.74 Å². The molecule has 0 radical (unpaired) electrons. The average molecular weight is 286 g/mol. The molecule has 4 heteroatoms. The zero-order valence-electron chi connectivity index (χ0n) is 12.7. The molecule has 1 aromatic carbocycles. The van der Waals surface area contributed by atoms with E-state index in [9.17, 15) is 4.79 Å². The summed E-state index contributed by atoms with van der Waals surface area (Å²) >= 11 is 0. The van der Waals surface area contributed by atoms with Gasteiger partial charge in [0.15, 0.2) is 6.61 Å². The first kappa shape index (κ1) is 15.2. The third kappa shape index (κ3) is 3.69. The molecular formula is C17H22N2O2. The Morgan fingerprint density at radius 3 is 2.81 bits per heavy atom. The molecule has 1 aromatic rings. The van der Waals surface area contributed by atoms with Crippen molar-refractivity contribution in [2.24, 2.45) is 5.92 Å². The number of ether oxygens (including phenoxy) is 1. The fourth-order valence-corrected chi connectivity index (χ4v) is 2.57. The van der Waals surface area contributed by atoms with Gasteiger partial charge in [-0.15, -0.1) is 6.42 Å². The number of esters is 1. The molecule has 0 aliphatic carbocycles. The average Bonchev–Trinajstić information content (AvgIpc) is 2.52. The molecule has 21 heavy (non-hydrogen) atoms. The van der Waals surface area contributed by atoms with Gasteiger partial charge in [-0.05, 0) is 37.0 Å². The smallest absolute Gasteiger partial charge is 0.341 e. The molecule has 0 bridgehead atoms. The van der Waals surface area contributed by atoms with E-state index in [4.69, 9.17) is 11.2 Å². The summed E-state index contributed by atoms with van der Waals surface area (Å²) in [5, 5.41) is 3.05. The Balaban J connectivity index is 2.27. The number of piperidine rings is 1. The Bertz CT molecular complexity index is 540. The van der Waals surface area contributed by atoms with Crippen LogP contribution in [0.4, 0.5) is 11.4 Å². The van der Waals surface area contributed by atoms with Gasteiger partial charge in [-0.1, -0.05) is 12.8 Å². The lowest BCUT2D eigenvalue weighted by Gasteiger charge is -2.33. The molecule has 0 spiro atoms. The lowest BCUT2D eigenvalue weighted by atomic mass is 9.98. The van der Waals surface area contributed by atoms with Gasteiger partial charge in [0.1, 0.15) is 0 Å². The monoisotopic (exact) mass is 286 g/mol. The number of anilines is 2. The Morgan fingerprint density at radius 1 is 1.48 bits per heavy atom. The summed E-state index contributed by atoms with van der Waals surface area (Å²) in [5.41, 5.74) is 2.39. The first-order valence-electron chi connectivity index (χ1n) is 7.33. The van der Waals surface area contributed by atoms with Crippen molar-refractivity contribution in [2.75, 3.05) is 37.0 Å². The fourth-order valence-electron chi connectivity index (χ4n) is 2.57. The quantitative estimate of drug-likeness (QED) is 0.682. The van der Waals surface area contributed by atoms with Crippen LogP contribution in [0.25, 0.3) is 0 Å². The highest BCUT2D eigenvalue weighted by Gasteiger charge is 2.22. The van der Waals surface area contributed by atoms with Crippen LogP contribution < -0.4 is 10.2 Å². The number of rotatable bonds is 4. The molecule has 0 amide bonds. The highest BCUT2D eigenvalue weighted by atomic mass is 16.5. The maximum absolute atomic E-state index is 12.2. The molecule has 112 valence electrons. The van der Waals surface area contributed by atoms with E-state index in [0.717, 1.165) is 43.2 Å². The van der Waals surface area contributed by atoms with Gasteiger partial charge < -0.3 is 15.0 Å². The molecule has 0 unspecified atom stereocenters. The van der Waals surface area contributed by atoms with Crippen molar-refractivity contribution in [1.82, 2.24) is 0 Å². The van der Waals surface area contributed by atoms with E-state index in [1.807, 2.05) is 25.2 Å². The van der Waals surface area contributed by atoms with Crippen molar-refractivity contribution in [2.45, 2.75) is 19.8 Å². The highest BCUT2D eigenvalue weighted by molar-refractivity contribution is 5.97. The summed E-state index contributed by atoms with van der Waals surface area (Å²) in [6.45, 7) is 4.20. The second-order valence-electron chi connectivity index (χ2n) is 5.43. The van der Waals surface area contributed by atoms with Crippen molar-refractivity contribution in [3.63, 3.8) is 0 Å². The summed E-state index contributed by atoms with van der Waals surface area (Å²) in [6, 6.07) is 5.78. The zero-order valence-corrected chi connectivity index (χ0v) is 12.7. The van der Waals surface area contributed by atoms with Gasteiger partial charge in [0.2, 0.25) is 0 Å². The number of hydrogen-bond donors (Lipinski definition) is 1. The molecule has 4 nitrogen and oxygen atoms in total. The van der Waals surface area contributed by atoms with Crippen molar-refractivity contribution in [3.8, 4) is 12.3 Å². The van der Waals surface area contributed by atoms with Crippen LogP contribution in [0, 0.1) is 18.3 Å². The highest BCUT2D eigenvalue weighted by Crippen LogP contribution is 2.29. The van der Waals surface area contributed by atoms with Crippen LogP contribution in [0.15, 0.2) is 18.2 Å². The van der Waals surface area contributed by atoms with Crippen LogP contribution in [0.2, 0.25) is 0 Å². The minimum Gasteiger partial charge on any atom is -0.449 e. The molecule has 1 aliphatic heterocycles. The van der Waals surface area contributed by atoms with E-state index in [2.05, 4.69) is 23.1 Å². The molecule has 0 aromatic heterocycles. The van der Waals surface area contributed by atoms with Crippen LogP contribution in [-0.4, -0.2) is 32.7 Å². The second kappa shape index (κ2) is 7.03. The minimum atomic E-state index is -0.362. The van der Waals surface area contributed by atoms with Gasteiger partial charge in [0.25, 0.3) is 0 Å². The van der Waals surface area contributed by atoms with Crippen molar-refractivity contribution < 1.29 is 9.53 Å². The van der Waals surface area contributed by atoms with Gasteiger partial charge in [-0.2, -0.15) is 0 Å². The van der Waals surface area contributed by atoms with Gasteiger partial charge >= 0.3 is 5.97 Å². The zero-order chi connectivity index (χ0) is 15.2. The van der Waals surface area contributed by atoms with Crippen LogP contribution in [0.1, 0.15) is 30.1 Å². The molecule has 2 rings (SSSR count). The third-order valence-corrected chi connectivity index (χ3v) is 3.92. The van der Waals surface area contributed by atoms with E-state index < -0.39 is 0 Å². The predicted octanol–water partition coefficient (Wildman–Crippen LogP) is 2.75. The lowest BCUT2D eigenvalue weighted by Crippen LogP contribution is -2.34. The third-order valence-electron chi connectivity index (χ3n) is 3.92. The largest absolute Gasteiger partial charge is 0.449 e. The Kier molecular flexibility index (Phi) is 5.10. The van der Waals surface area contributed by atoms with Crippen LogP contribution >= 0.6 is 0 Å². The molecular weight excluding hydrogens is 264 g/mol. The Hall–Kier alpha value is -2.15. The molecule has 1 saturated heterocycles. The number of benzene rings is 1. The SMILES string of the molecule is C#CCOC(=O)c1cc(NC)ccc1N1CCC(C)CC1. The fraction of sp³-hybridized carbons (Fsp3) is 0.471. The molecule has 0 saturated carbocycles. The topological polar surface area (TPSA) is 41.6 Å². The second-order valence-corrected chi connectivity index (χ2v) is 5.43. The summed E-state index contributed by atoms with van der Waals surface area (Å²) in [5.74, 6) is 2.71. The van der Waals surface area contributed by atoms with E-state index in [1.165, 1.54) is 0 Å². The van der Waals surface area contributed by atoms with E-state index in [1.54, 1.807) is 0 Å². The Morgan fingerprint density at radius 2 is 2.19 bits per heavy atom. The standard InChI is InChI=1S/C17H22N2O2/c1-4-11-21-17(20)15-12-14(18-3)5-6-16(15)19-9-7-13(2)8-10-19/h1,5-6,12-13,18H,7-11H2,2-3H3. The number of hydrogen-bond acceptors (Lipinski definition) is 4. The molecule has 1 heterocycles.